The molecule has 0 saturated heterocycles. The van der Waals surface area contributed by atoms with Gasteiger partial charge < -0.3 is 24.9 Å². The lowest BCUT2D eigenvalue weighted by Gasteiger charge is -2.16. The molecule has 2 unspecified atom stereocenters. The number of aryl methyl sites for hydroxylation is 1. The summed E-state index contributed by atoms with van der Waals surface area (Å²) in [6, 6.07) is 22.7. The van der Waals surface area contributed by atoms with Gasteiger partial charge in [-0.3, -0.25) is 0 Å². The van der Waals surface area contributed by atoms with E-state index >= 15 is 0 Å². The number of ether oxygens (including phenoxy) is 2. The van der Waals surface area contributed by atoms with Crippen molar-refractivity contribution in [2.24, 2.45) is 0 Å². The number of para-hydroxylation sites is 2. The van der Waals surface area contributed by atoms with E-state index in [1.54, 1.807) is 0 Å². The third-order valence-corrected chi connectivity index (χ3v) is 5.99. The predicted octanol–water partition coefficient (Wildman–Crippen LogP) is 4.35. The Morgan fingerprint density at radius 2 is 1.84 bits per heavy atom. The molecule has 1 aliphatic rings. The molecule has 3 N–H and O–H groups in total. The number of benzene rings is 3. The quantitative estimate of drug-likeness (QED) is 0.355. The average Bonchev–Trinajstić information content (AvgIpc) is 3.39. The molecule has 5 rings (SSSR count). The zero-order valence-corrected chi connectivity index (χ0v) is 17.5. The van der Waals surface area contributed by atoms with Crippen molar-refractivity contribution in [1.29, 1.82) is 0 Å². The van der Waals surface area contributed by atoms with Crippen LogP contribution in [-0.2, 0) is 11.2 Å². The Bertz CT molecular complexity index is 1170. The molecule has 0 amide bonds. The van der Waals surface area contributed by atoms with Gasteiger partial charge in [0.15, 0.2) is 0 Å². The van der Waals surface area contributed by atoms with Gasteiger partial charge in [-0.15, -0.1) is 0 Å². The zero-order valence-electron chi connectivity index (χ0n) is 17.5. The van der Waals surface area contributed by atoms with Crippen molar-refractivity contribution in [3.63, 3.8) is 0 Å². The smallest absolute Gasteiger partial charge is 0.143 e. The van der Waals surface area contributed by atoms with Gasteiger partial charge in [0.1, 0.15) is 18.5 Å². The minimum absolute atomic E-state index is 0.197. The first kappa shape index (κ1) is 20.1. The molecule has 0 bridgehead atoms. The fourth-order valence-electron chi connectivity index (χ4n) is 4.44. The number of aliphatic hydroxyl groups is 1. The van der Waals surface area contributed by atoms with Gasteiger partial charge in [0.2, 0.25) is 0 Å². The number of rotatable bonds is 9. The number of hydrogen-bond acceptors (Lipinski definition) is 4. The number of H-pyrrole nitrogens is 1. The highest BCUT2D eigenvalue weighted by Crippen LogP contribution is 2.33. The number of aliphatic hydroxyl groups excluding tert-OH is 1. The van der Waals surface area contributed by atoms with Crippen LogP contribution in [0.5, 0.6) is 5.75 Å². The summed E-state index contributed by atoms with van der Waals surface area (Å²) in [5.41, 5.74) is 4.77. The third-order valence-electron chi connectivity index (χ3n) is 5.99. The summed E-state index contributed by atoms with van der Waals surface area (Å²) in [5.74, 6) is 0.760. The molecule has 5 heteroatoms. The summed E-state index contributed by atoms with van der Waals surface area (Å²) in [6.45, 7) is 2.03. The van der Waals surface area contributed by atoms with Crippen LogP contribution >= 0.6 is 0 Å². The summed E-state index contributed by atoms with van der Waals surface area (Å²) in [6.07, 6.45) is 1.75. The first-order valence-corrected chi connectivity index (χ1v) is 11.0. The molecule has 2 atom stereocenters. The largest absolute Gasteiger partial charge is 0.489 e. The van der Waals surface area contributed by atoms with Gasteiger partial charge in [-0.05, 0) is 36.1 Å². The van der Waals surface area contributed by atoms with Crippen LogP contribution < -0.4 is 10.1 Å². The number of nitrogens with one attached hydrogen (secondary N) is 2. The maximum absolute atomic E-state index is 10.3. The molecule has 1 heterocycles. The monoisotopic (exact) mass is 416 g/mol. The molecule has 1 aliphatic carbocycles. The maximum Gasteiger partial charge on any atom is 0.143 e. The second kappa shape index (κ2) is 9.10. The van der Waals surface area contributed by atoms with E-state index < -0.39 is 6.10 Å². The lowest BCUT2D eigenvalue weighted by atomic mass is 10.1. The second-order valence-electron chi connectivity index (χ2n) is 8.12. The van der Waals surface area contributed by atoms with Crippen LogP contribution in [0.4, 0.5) is 0 Å². The standard InChI is InChI=1S/C26H28N2O3/c29-19(16-27-14-15-30-24-13-12-18-6-1-2-7-20(18)24)17-31-25-11-5-9-22-21-8-3-4-10-23(21)28-26(22)25/h1-11,19,24,27-29H,12-17H2. The summed E-state index contributed by atoms with van der Waals surface area (Å²) in [7, 11) is 0. The Labute approximate surface area is 182 Å². The minimum atomic E-state index is -0.591. The van der Waals surface area contributed by atoms with Gasteiger partial charge in [-0.25, -0.2) is 0 Å². The van der Waals surface area contributed by atoms with Crippen LogP contribution in [0.25, 0.3) is 21.8 Å². The molecular weight excluding hydrogens is 388 g/mol. The third kappa shape index (κ3) is 4.30. The van der Waals surface area contributed by atoms with E-state index in [1.165, 1.54) is 16.5 Å². The SMILES string of the molecule is OC(CNCCOC1CCc2ccccc21)COc1cccc2c1[nH]c1ccccc12. The molecule has 4 aromatic rings. The van der Waals surface area contributed by atoms with E-state index in [4.69, 9.17) is 9.47 Å². The Morgan fingerprint density at radius 1 is 1.00 bits per heavy atom. The Hall–Kier alpha value is -2.86. The molecule has 3 aromatic carbocycles. The van der Waals surface area contributed by atoms with Crippen LogP contribution in [0.15, 0.2) is 66.7 Å². The fraction of sp³-hybridized carbons (Fsp3) is 0.308. The van der Waals surface area contributed by atoms with E-state index in [9.17, 15) is 5.11 Å². The van der Waals surface area contributed by atoms with Gasteiger partial charge in [-0.1, -0.05) is 54.6 Å². The van der Waals surface area contributed by atoms with Gasteiger partial charge in [0.05, 0.1) is 18.2 Å². The number of fused-ring (bicyclic) bond motifs is 4. The molecule has 1 aromatic heterocycles. The first-order valence-electron chi connectivity index (χ1n) is 11.0. The highest BCUT2D eigenvalue weighted by molar-refractivity contribution is 6.09. The van der Waals surface area contributed by atoms with Crippen LogP contribution in [-0.4, -0.2) is 42.5 Å². The number of aromatic amines is 1. The summed E-state index contributed by atoms with van der Waals surface area (Å²) in [5, 5.41) is 15.9. The molecule has 160 valence electrons. The van der Waals surface area contributed by atoms with E-state index in [-0.39, 0.29) is 12.7 Å². The average molecular weight is 417 g/mol. The molecule has 0 saturated carbocycles. The van der Waals surface area contributed by atoms with Gasteiger partial charge >= 0.3 is 0 Å². The topological polar surface area (TPSA) is 66.5 Å². The highest BCUT2D eigenvalue weighted by Gasteiger charge is 2.22. The fourth-order valence-corrected chi connectivity index (χ4v) is 4.44. The molecule has 31 heavy (non-hydrogen) atoms. The van der Waals surface area contributed by atoms with Crippen molar-refractivity contribution >= 4 is 21.8 Å². The van der Waals surface area contributed by atoms with Crippen molar-refractivity contribution < 1.29 is 14.6 Å². The Kier molecular flexibility index (Phi) is 5.89. The predicted molar refractivity (Wildman–Crippen MR) is 124 cm³/mol. The van der Waals surface area contributed by atoms with Gasteiger partial charge in [0.25, 0.3) is 0 Å². The summed E-state index contributed by atoms with van der Waals surface area (Å²) in [4.78, 5) is 3.43. The Morgan fingerprint density at radius 3 is 2.81 bits per heavy atom. The highest BCUT2D eigenvalue weighted by atomic mass is 16.5. The van der Waals surface area contributed by atoms with E-state index in [1.807, 2.05) is 24.3 Å². The van der Waals surface area contributed by atoms with Gasteiger partial charge in [0, 0.05) is 29.4 Å². The Balaban J connectivity index is 1.08. The van der Waals surface area contributed by atoms with E-state index in [2.05, 4.69) is 52.8 Å². The van der Waals surface area contributed by atoms with Crippen molar-refractivity contribution in [2.75, 3.05) is 26.3 Å². The lowest BCUT2D eigenvalue weighted by molar-refractivity contribution is 0.0522. The molecule has 0 aliphatic heterocycles. The summed E-state index contributed by atoms with van der Waals surface area (Å²) >= 11 is 0. The number of hydrogen-bond donors (Lipinski definition) is 3. The maximum atomic E-state index is 10.3. The lowest BCUT2D eigenvalue weighted by Crippen LogP contribution is -2.33. The van der Waals surface area contributed by atoms with Crippen molar-refractivity contribution in [1.82, 2.24) is 10.3 Å². The van der Waals surface area contributed by atoms with Crippen molar-refractivity contribution in [3.8, 4) is 5.75 Å². The van der Waals surface area contributed by atoms with Crippen LogP contribution in [0, 0.1) is 0 Å². The molecule has 0 spiro atoms. The number of aromatic nitrogens is 1. The van der Waals surface area contributed by atoms with Crippen molar-refractivity contribution in [2.45, 2.75) is 25.0 Å². The van der Waals surface area contributed by atoms with Crippen LogP contribution in [0.2, 0.25) is 0 Å². The van der Waals surface area contributed by atoms with E-state index in [0.717, 1.165) is 35.0 Å². The van der Waals surface area contributed by atoms with Crippen LogP contribution in [0.1, 0.15) is 23.7 Å². The molecule has 5 nitrogen and oxygen atoms in total. The van der Waals surface area contributed by atoms with E-state index in [0.29, 0.717) is 19.7 Å². The van der Waals surface area contributed by atoms with Crippen LogP contribution in [0.3, 0.4) is 0 Å². The van der Waals surface area contributed by atoms with Gasteiger partial charge in [-0.2, -0.15) is 0 Å². The zero-order chi connectivity index (χ0) is 21.0. The summed E-state index contributed by atoms with van der Waals surface area (Å²) < 4.78 is 12.0. The molecular formula is C26H28N2O3. The second-order valence-corrected chi connectivity index (χ2v) is 8.12. The minimum Gasteiger partial charge on any atom is -0.489 e. The molecule has 0 radical (unpaired) electrons. The normalized spacial score (nSPS) is 16.6. The van der Waals surface area contributed by atoms with Crippen molar-refractivity contribution in [3.05, 3.63) is 77.9 Å². The first-order chi connectivity index (χ1) is 15.3. The molecule has 0 fully saturated rings.